The summed E-state index contributed by atoms with van der Waals surface area (Å²) in [6.07, 6.45) is 2.69. The molecule has 0 radical (unpaired) electrons. The molecule has 1 atom stereocenters. The molecule has 1 aromatic rings. The van der Waals surface area contributed by atoms with E-state index in [1.165, 1.54) is 12.1 Å². The monoisotopic (exact) mass is 230 g/mol. The first-order valence-electron chi connectivity index (χ1n) is 5.05. The van der Waals surface area contributed by atoms with Crippen LogP contribution in [-0.2, 0) is 0 Å². The molecule has 4 N–H and O–H groups in total. The summed E-state index contributed by atoms with van der Waals surface area (Å²) in [5, 5.41) is 0.388. The summed E-state index contributed by atoms with van der Waals surface area (Å²) in [4.78, 5) is 0. The molecule has 15 heavy (non-hydrogen) atoms. The van der Waals surface area contributed by atoms with Gasteiger partial charge in [0.05, 0.1) is 0 Å². The summed E-state index contributed by atoms with van der Waals surface area (Å²) >= 11 is 5.74. The van der Waals surface area contributed by atoms with Gasteiger partial charge in [0.15, 0.2) is 0 Å². The molecule has 0 aliphatic heterocycles. The summed E-state index contributed by atoms with van der Waals surface area (Å²) in [6.45, 7) is 0.663. The third kappa shape index (κ3) is 4.16. The number of halogens is 2. The zero-order valence-electron chi connectivity index (χ0n) is 8.55. The van der Waals surface area contributed by atoms with E-state index in [0.29, 0.717) is 11.6 Å². The van der Waals surface area contributed by atoms with E-state index < -0.39 is 0 Å². The predicted molar refractivity (Wildman–Crippen MR) is 61.2 cm³/mol. The standard InChI is InChI=1S/C11H16ClFN2/c12-9-5-8(6-10(13)7-9)11(15)3-1-2-4-14/h5-7,11H,1-4,14-15H2/t11-/m0/s1. The SMILES string of the molecule is NCCCC[C@H](N)c1cc(F)cc(Cl)c1. The second kappa shape index (κ2) is 6.05. The fourth-order valence-electron chi connectivity index (χ4n) is 1.46. The number of rotatable bonds is 5. The Bertz CT molecular complexity index is 297. The maximum Gasteiger partial charge on any atom is 0.125 e. The van der Waals surface area contributed by atoms with Crippen LogP contribution in [0, 0.1) is 5.82 Å². The van der Waals surface area contributed by atoms with Crippen molar-refractivity contribution in [1.82, 2.24) is 0 Å². The lowest BCUT2D eigenvalue weighted by atomic mass is 10.0. The molecule has 1 aromatic carbocycles. The van der Waals surface area contributed by atoms with Crippen LogP contribution in [0.25, 0.3) is 0 Å². The number of benzene rings is 1. The van der Waals surface area contributed by atoms with Gasteiger partial charge in [-0.05, 0) is 43.1 Å². The Labute approximate surface area is 94.4 Å². The molecule has 0 fully saturated rings. The van der Waals surface area contributed by atoms with Crippen molar-refractivity contribution in [2.24, 2.45) is 11.5 Å². The minimum Gasteiger partial charge on any atom is -0.330 e. The van der Waals surface area contributed by atoms with Gasteiger partial charge in [-0.25, -0.2) is 4.39 Å². The highest BCUT2D eigenvalue weighted by atomic mass is 35.5. The number of unbranched alkanes of at least 4 members (excludes halogenated alkanes) is 1. The quantitative estimate of drug-likeness (QED) is 0.764. The van der Waals surface area contributed by atoms with Crippen LogP contribution in [0.5, 0.6) is 0 Å². The minimum atomic E-state index is -0.341. The van der Waals surface area contributed by atoms with E-state index in [4.69, 9.17) is 23.1 Å². The highest BCUT2D eigenvalue weighted by Crippen LogP contribution is 2.21. The Morgan fingerprint density at radius 2 is 2.00 bits per heavy atom. The third-order valence-electron chi connectivity index (χ3n) is 2.28. The van der Waals surface area contributed by atoms with Crippen molar-refractivity contribution in [3.8, 4) is 0 Å². The zero-order valence-corrected chi connectivity index (χ0v) is 9.30. The van der Waals surface area contributed by atoms with E-state index in [1.54, 1.807) is 6.07 Å². The van der Waals surface area contributed by atoms with Gasteiger partial charge in [0.2, 0.25) is 0 Å². The molecule has 0 spiro atoms. The van der Waals surface area contributed by atoms with Gasteiger partial charge in [0.25, 0.3) is 0 Å². The molecule has 0 heterocycles. The highest BCUT2D eigenvalue weighted by molar-refractivity contribution is 6.30. The maximum atomic E-state index is 13.0. The van der Waals surface area contributed by atoms with E-state index in [-0.39, 0.29) is 11.9 Å². The third-order valence-corrected chi connectivity index (χ3v) is 2.50. The van der Waals surface area contributed by atoms with Gasteiger partial charge in [0, 0.05) is 11.1 Å². The van der Waals surface area contributed by atoms with Crippen LogP contribution in [0.1, 0.15) is 30.9 Å². The molecule has 0 unspecified atom stereocenters. The fourth-order valence-corrected chi connectivity index (χ4v) is 1.69. The van der Waals surface area contributed by atoms with Crippen molar-refractivity contribution in [2.75, 3.05) is 6.54 Å². The van der Waals surface area contributed by atoms with Gasteiger partial charge < -0.3 is 11.5 Å². The molecule has 0 bridgehead atoms. The molecule has 0 aliphatic carbocycles. The fraction of sp³-hybridized carbons (Fsp3) is 0.455. The molecule has 0 amide bonds. The molecular weight excluding hydrogens is 215 g/mol. The molecular formula is C11H16ClFN2. The average molecular weight is 231 g/mol. The summed E-state index contributed by atoms with van der Waals surface area (Å²) in [5.41, 5.74) is 12.0. The highest BCUT2D eigenvalue weighted by Gasteiger charge is 2.07. The van der Waals surface area contributed by atoms with Crippen molar-refractivity contribution < 1.29 is 4.39 Å². The number of hydrogen-bond donors (Lipinski definition) is 2. The van der Waals surface area contributed by atoms with E-state index >= 15 is 0 Å². The lowest BCUT2D eigenvalue weighted by Gasteiger charge is -2.12. The van der Waals surface area contributed by atoms with E-state index in [2.05, 4.69) is 0 Å². The van der Waals surface area contributed by atoms with E-state index in [1.807, 2.05) is 0 Å². The molecule has 0 aliphatic rings. The Morgan fingerprint density at radius 3 is 2.60 bits per heavy atom. The second-order valence-corrected chi connectivity index (χ2v) is 4.03. The molecule has 1 rings (SSSR count). The van der Waals surface area contributed by atoms with Gasteiger partial charge in [-0.2, -0.15) is 0 Å². The number of nitrogens with two attached hydrogens (primary N) is 2. The van der Waals surface area contributed by atoms with Crippen LogP contribution >= 0.6 is 11.6 Å². The van der Waals surface area contributed by atoms with Crippen molar-refractivity contribution in [3.63, 3.8) is 0 Å². The van der Waals surface area contributed by atoms with Crippen molar-refractivity contribution >= 4 is 11.6 Å². The lowest BCUT2D eigenvalue weighted by molar-refractivity contribution is 0.580. The first kappa shape index (κ1) is 12.4. The maximum absolute atomic E-state index is 13.0. The average Bonchev–Trinajstić information content (AvgIpc) is 2.16. The first-order valence-corrected chi connectivity index (χ1v) is 5.43. The van der Waals surface area contributed by atoms with E-state index in [9.17, 15) is 4.39 Å². The zero-order chi connectivity index (χ0) is 11.3. The van der Waals surface area contributed by atoms with Gasteiger partial charge in [-0.15, -0.1) is 0 Å². The molecule has 84 valence electrons. The smallest absolute Gasteiger partial charge is 0.125 e. The van der Waals surface area contributed by atoms with Gasteiger partial charge in [0.1, 0.15) is 5.82 Å². The predicted octanol–water partition coefficient (Wildman–Crippen LogP) is 2.61. The Kier molecular flexibility index (Phi) is 5.02. The topological polar surface area (TPSA) is 52.0 Å². The van der Waals surface area contributed by atoms with E-state index in [0.717, 1.165) is 24.8 Å². The second-order valence-electron chi connectivity index (χ2n) is 3.59. The van der Waals surface area contributed by atoms with Crippen LogP contribution in [-0.4, -0.2) is 6.54 Å². The normalized spacial score (nSPS) is 12.8. The van der Waals surface area contributed by atoms with Crippen molar-refractivity contribution in [1.29, 1.82) is 0 Å². The van der Waals surface area contributed by atoms with Crippen molar-refractivity contribution in [3.05, 3.63) is 34.6 Å². The Hall–Kier alpha value is -0.640. The van der Waals surface area contributed by atoms with Crippen LogP contribution in [0.2, 0.25) is 5.02 Å². The Morgan fingerprint density at radius 1 is 1.27 bits per heavy atom. The largest absolute Gasteiger partial charge is 0.330 e. The molecule has 0 aromatic heterocycles. The van der Waals surface area contributed by atoms with Crippen LogP contribution in [0.15, 0.2) is 18.2 Å². The first-order chi connectivity index (χ1) is 7.13. The van der Waals surface area contributed by atoms with Crippen molar-refractivity contribution in [2.45, 2.75) is 25.3 Å². The molecule has 0 saturated heterocycles. The lowest BCUT2D eigenvalue weighted by Crippen LogP contribution is -2.11. The van der Waals surface area contributed by atoms with Gasteiger partial charge in [-0.3, -0.25) is 0 Å². The van der Waals surface area contributed by atoms with Crippen LogP contribution in [0.4, 0.5) is 4.39 Å². The minimum absolute atomic E-state index is 0.162. The van der Waals surface area contributed by atoms with Crippen LogP contribution < -0.4 is 11.5 Å². The molecule has 4 heteroatoms. The molecule has 2 nitrogen and oxygen atoms in total. The van der Waals surface area contributed by atoms with Gasteiger partial charge >= 0.3 is 0 Å². The summed E-state index contributed by atoms with van der Waals surface area (Å²) in [6, 6.07) is 4.25. The summed E-state index contributed by atoms with van der Waals surface area (Å²) < 4.78 is 13.0. The van der Waals surface area contributed by atoms with Crippen LogP contribution in [0.3, 0.4) is 0 Å². The Balaban J connectivity index is 2.60. The summed E-state index contributed by atoms with van der Waals surface area (Å²) in [7, 11) is 0. The molecule has 0 saturated carbocycles. The van der Waals surface area contributed by atoms with Gasteiger partial charge in [-0.1, -0.05) is 18.0 Å². The summed E-state index contributed by atoms with van der Waals surface area (Å²) in [5.74, 6) is -0.341. The number of hydrogen-bond acceptors (Lipinski definition) is 2.